The van der Waals surface area contributed by atoms with Crippen LogP contribution in [0.1, 0.15) is 118 Å². The molecule has 1 aromatic carbocycles. The molecule has 0 radical (unpaired) electrons. The fourth-order valence-corrected chi connectivity index (χ4v) is 11.9. The van der Waals surface area contributed by atoms with E-state index in [-0.39, 0.29) is 23.5 Å². The van der Waals surface area contributed by atoms with Gasteiger partial charge in [0.1, 0.15) is 0 Å². The van der Waals surface area contributed by atoms with E-state index in [1.807, 2.05) is 6.92 Å². The first-order valence-electron chi connectivity index (χ1n) is 17.5. The number of hydrogen-bond acceptors (Lipinski definition) is 4. The van der Waals surface area contributed by atoms with Gasteiger partial charge in [0.15, 0.2) is 0 Å². The first kappa shape index (κ1) is 33.2. The van der Waals surface area contributed by atoms with Gasteiger partial charge in [-0.3, -0.25) is 4.18 Å². The van der Waals surface area contributed by atoms with Gasteiger partial charge in [-0.25, -0.2) is 0 Å². The number of benzene rings is 1. The Labute approximate surface area is 263 Å². The van der Waals surface area contributed by atoms with Crippen LogP contribution in [-0.2, 0) is 19.0 Å². The lowest BCUT2D eigenvalue weighted by molar-refractivity contribution is -0.0951. The average molecular weight is 613 g/mol. The summed E-state index contributed by atoms with van der Waals surface area (Å²) in [5.41, 5.74) is 2.46. The van der Waals surface area contributed by atoms with Gasteiger partial charge in [-0.05, 0) is 135 Å². The smallest absolute Gasteiger partial charge is 0.297 e. The lowest BCUT2D eigenvalue weighted by Gasteiger charge is -2.58. The molecule has 0 saturated heterocycles. The molecule has 0 aliphatic heterocycles. The van der Waals surface area contributed by atoms with Crippen LogP contribution in [0.4, 0.5) is 0 Å². The third-order valence-corrected chi connectivity index (χ3v) is 14.6. The summed E-state index contributed by atoms with van der Waals surface area (Å²) in [7, 11) is -3.80. The highest BCUT2D eigenvalue weighted by Gasteiger charge is 2.64. The van der Waals surface area contributed by atoms with Gasteiger partial charge in [0.25, 0.3) is 10.1 Å². The maximum atomic E-state index is 12.7. The van der Waals surface area contributed by atoms with Crippen molar-refractivity contribution in [1.82, 2.24) is 0 Å². The Hall–Kier alpha value is -1.17. The molecule has 4 saturated carbocycles. The molecule has 5 rings (SSSR count). The molecule has 0 aromatic heterocycles. The quantitative estimate of drug-likeness (QED) is 0.134. The maximum Gasteiger partial charge on any atom is 0.297 e. The van der Waals surface area contributed by atoms with Gasteiger partial charge < -0.3 is 4.74 Å². The van der Waals surface area contributed by atoms with E-state index in [0.29, 0.717) is 11.3 Å². The highest BCUT2D eigenvalue weighted by atomic mass is 32.2. The van der Waals surface area contributed by atoms with Crippen molar-refractivity contribution in [3.63, 3.8) is 0 Å². The lowest BCUT2D eigenvalue weighted by Crippen LogP contribution is -2.51. The normalized spacial score (nSPS) is 38.0. The third kappa shape index (κ3) is 6.30. The summed E-state index contributed by atoms with van der Waals surface area (Å²) in [6.45, 7) is 21.3. The van der Waals surface area contributed by atoms with Crippen LogP contribution in [0.25, 0.3) is 0 Å². The van der Waals surface area contributed by atoms with E-state index in [4.69, 9.17) is 8.92 Å². The Kier molecular flexibility index (Phi) is 9.69. The molecular formula is C38H60O4S. The summed E-state index contributed by atoms with van der Waals surface area (Å²) in [5.74, 6) is 5.62. The molecule has 4 aliphatic carbocycles. The van der Waals surface area contributed by atoms with E-state index in [1.165, 1.54) is 57.8 Å². The van der Waals surface area contributed by atoms with Crippen molar-refractivity contribution in [1.29, 1.82) is 0 Å². The summed E-state index contributed by atoms with van der Waals surface area (Å²) in [4.78, 5) is 0.196. The van der Waals surface area contributed by atoms with E-state index in [0.717, 1.165) is 59.5 Å². The summed E-state index contributed by atoms with van der Waals surface area (Å²) >= 11 is 0. The minimum Gasteiger partial charge on any atom is -0.368 e. The molecule has 4 aliphatic rings. The van der Waals surface area contributed by atoms with Gasteiger partial charge in [0.05, 0.1) is 23.7 Å². The van der Waals surface area contributed by atoms with Gasteiger partial charge in [-0.15, -0.1) is 0 Å². The molecule has 0 amide bonds. The van der Waals surface area contributed by atoms with Gasteiger partial charge >= 0.3 is 0 Å². The second kappa shape index (κ2) is 12.6. The first-order valence-corrected chi connectivity index (χ1v) is 18.9. The van der Waals surface area contributed by atoms with Crippen LogP contribution in [0.3, 0.4) is 0 Å². The Balaban J connectivity index is 1.24. The van der Waals surface area contributed by atoms with Gasteiger partial charge in [-0.1, -0.05) is 78.2 Å². The van der Waals surface area contributed by atoms with Crippen LogP contribution in [0.2, 0.25) is 0 Å². The fourth-order valence-electron chi connectivity index (χ4n) is 11.0. The van der Waals surface area contributed by atoms with Crippen LogP contribution in [0.15, 0.2) is 41.3 Å². The average Bonchev–Trinajstić information content (AvgIpc) is 3.46. The predicted octanol–water partition coefficient (Wildman–Crippen LogP) is 9.76. The van der Waals surface area contributed by atoms with Crippen LogP contribution in [0, 0.1) is 59.2 Å². The highest BCUT2D eigenvalue weighted by molar-refractivity contribution is 7.86. The Bertz CT molecular complexity index is 1240. The molecule has 43 heavy (non-hydrogen) atoms. The minimum absolute atomic E-state index is 0.0237. The Morgan fingerprint density at radius 3 is 2.33 bits per heavy atom. The summed E-state index contributed by atoms with van der Waals surface area (Å²) < 4.78 is 37.5. The summed E-state index contributed by atoms with van der Waals surface area (Å²) in [5, 5.41) is 0. The van der Waals surface area contributed by atoms with E-state index < -0.39 is 15.7 Å². The number of fused-ring (bicyclic) bond motifs is 5. The second-order valence-corrected chi connectivity index (χ2v) is 17.9. The minimum atomic E-state index is -3.80. The van der Waals surface area contributed by atoms with Crippen LogP contribution < -0.4 is 0 Å². The van der Waals surface area contributed by atoms with E-state index >= 15 is 0 Å². The van der Waals surface area contributed by atoms with E-state index in [1.54, 1.807) is 24.3 Å². The van der Waals surface area contributed by atoms with Crippen molar-refractivity contribution >= 4 is 10.1 Å². The monoisotopic (exact) mass is 612 g/mol. The molecule has 0 bridgehead atoms. The van der Waals surface area contributed by atoms with Crippen molar-refractivity contribution in [2.45, 2.75) is 130 Å². The first-order chi connectivity index (χ1) is 20.2. The number of ether oxygens (including phenoxy) is 1. The van der Waals surface area contributed by atoms with Crippen molar-refractivity contribution in [2.75, 3.05) is 13.2 Å². The Morgan fingerprint density at radius 2 is 1.65 bits per heavy atom. The van der Waals surface area contributed by atoms with Crippen LogP contribution >= 0.6 is 0 Å². The zero-order chi connectivity index (χ0) is 31.2. The molecule has 0 unspecified atom stereocenters. The lowest BCUT2D eigenvalue weighted by atomic mass is 9.47. The molecule has 4 fully saturated rings. The zero-order valence-electron chi connectivity index (χ0n) is 28.3. The summed E-state index contributed by atoms with van der Waals surface area (Å²) in [6.07, 6.45) is 14.4. The van der Waals surface area contributed by atoms with Crippen molar-refractivity contribution in [2.24, 2.45) is 52.3 Å². The molecule has 1 aromatic rings. The predicted molar refractivity (Wildman–Crippen MR) is 176 cm³/mol. The number of hydrogen-bond donors (Lipinski definition) is 0. The van der Waals surface area contributed by atoms with Gasteiger partial charge in [0.2, 0.25) is 0 Å². The van der Waals surface area contributed by atoms with Crippen LogP contribution in [0.5, 0.6) is 0 Å². The molecule has 242 valence electrons. The third-order valence-electron chi connectivity index (χ3n) is 13.3. The van der Waals surface area contributed by atoms with Gasteiger partial charge in [0, 0.05) is 0 Å². The molecule has 4 nitrogen and oxygen atoms in total. The molecule has 9 atom stereocenters. The standard InChI is InChI=1S/C38H60O4S/c1-26(2)10-9-11-29(6)33-18-19-34-32-17-14-30-24-38(27(3)4,25-37(30,8)35(32)20-21-36(33,34)7)41-22-23-42-43(39,40)31-15-12-28(5)13-16-31/h12-13,15-16,26,29-30,32-35H,3,9-11,14,17-25H2,1-2,4-8H3/t29-,30+,32+,33-,34+,35+,36-,37+,38-/m1/s1. The van der Waals surface area contributed by atoms with Crippen molar-refractivity contribution in [3.8, 4) is 0 Å². The van der Waals surface area contributed by atoms with E-state index in [9.17, 15) is 8.42 Å². The second-order valence-electron chi connectivity index (χ2n) is 16.3. The molecule has 5 heteroatoms. The topological polar surface area (TPSA) is 52.6 Å². The van der Waals surface area contributed by atoms with E-state index in [2.05, 4.69) is 48.1 Å². The highest BCUT2D eigenvalue weighted by Crippen LogP contribution is 2.70. The van der Waals surface area contributed by atoms with Crippen LogP contribution in [-0.4, -0.2) is 27.2 Å². The maximum absolute atomic E-state index is 12.7. The molecule has 0 heterocycles. The molecule has 0 N–H and O–H groups in total. The van der Waals surface area contributed by atoms with Crippen molar-refractivity contribution < 1.29 is 17.3 Å². The number of aryl methyl sites for hydroxylation is 1. The molecular weight excluding hydrogens is 552 g/mol. The SMILES string of the molecule is C=C(C)[C@@]1(OCCOS(=O)(=O)c2ccc(C)cc2)C[C@@H]2CC[C@@H]3[C@H](CC[C@]4(C)[C@@H]([C@H](C)CCCC(C)C)CC[C@@H]34)[C@@]2(C)C1. The Morgan fingerprint density at radius 1 is 0.953 bits per heavy atom. The summed E-state index contributed by atoms with van der Waals surface area (Å²) in [6, 6.07) is 6.81. The number of rotatable bonds is 12. The van der Waals surface area contributed by atoms with Crippen molar-refractivity contribution in [3.05, 3.63) is 42.0 Å². The fraction of sp³-hybridized carbons (Fsp3) is 0.789. The molecule has 0 spiro atoms. The van der Waals surface area contributed by atoms with Gasteiger partial charge in [-0.2, -0.15) is 8.42 Å². The largest absolute Gasteiger partial charge is 0.368 e. The zero-order valence-corrected chi connectivity index (χ0v) is 29.1.